The van der Waals surface area contributed by atoms with E-state index in [0.717, 1.165) is 18.5 Å². The van der Waals surface area contributed by atoms with E-state index in [0.29, 0.717) is 17.5 Å². The third-order valence-corrected chi connectivity index (χ3v) is 3.66. The number of carbonyl (C=O) groups is 1. The Kier molecular flexibility index (Phi) is 7.03. The molecular weight excluding hydrogens is 272 g/mol. The molecule has 0 radical (unpaired) electrons. The van der Waals surface area contributed by atoms with E-state index in [1.54, 1.807) is 4.90 Å². The van der Waals surface area contributed by atoms with E-state index in [4.69, 9.17) is 11.6 Å². The normalized spacial score (nSPS) is 12.5. The predicted molar refractivity (Wildman–Crippen MR) is 85.0 cm³/mol. The van der Waals surface area contributed by atoms with Gasteiger partial charge in [-0.2, -0.15) is 0 Å². The average molecular weight is 297 g/mol. The monoisotopic (exact) mass is 296 g/mol. The maximum absolute atomic E-state index is 12.2. The minimum Gasteiger partial charge on any atom is -0.339 e. The molecule has 1 atom stereocenters. The van der Waals surface area contributed by atoms with E-state index in [1.165, 1.54) is 0 Å². The first-order valence-electron chi connectivity index (χ1n) is 7.16. The first kappa shape index (κ1) is 17.0. The zero-order valence-electron chi connectivity index (χ0n) is 12.8. The summed E-state index contributed by atoms with van der Waals surface area (Å²) >= 11 is 5.99. The van der Waals surface area contributed by atoms with E-state index < -0.39 is 0 Å². The van der Waals surface area contributed by atoms with Crippen molar-refractivity contribution >= 4 is 17.5 Å². The highest BCUT2D eigenvalue weighted by atomic mass is 35.5. The third kappa shape index (κ3) is 5.51. The maximum atomic E-state index is 12.2. The lowest BCUT2D eigenvalue weighted by molar-refractivity contribution is -0.131. The number of hydrogen-bond acceptors (Lipinski definition) is 2. The standard InChI is InChI=1S/C16H25ClN2O/c1-12(2)18-10-6-9-16(20)19(4)13(3)14-7-5-8-15(17)11-14/h5,7-8,11-13,18H,6,9-10H2,1-4H3. The van der Waals surface area contributed by atoms with Gasteiger partial charge in [-0.15, -0.1) is 0 Å². The lowest BCUT2D eigenvalue weighted by Gasteiger charge is -2.25. The fraction of sp³-hybridized carbons (Fsp3) is 0.562. The SMILES string of the molecule is CC(C)NCCCC(=O)N(C)C(C)c1cccc(Cl)c1. The first-order valence-corrected chi connectivity index (χ1v) is 7.54. The maximum Gasteiger partial charge on any atom is 0.222 e. The van der Waals surface area contributed by atoms with Crippen LogP contribution in [0.2, 0.25) is 5.02 Å². The van der Waals surface area contributed by atoms with Gasteiger partial charge in [0.2, 0.25) is 5.91 Å². The molecule has 0 aromatic heterocycles. The van der Waals surface area contributed by atoms with Crippen LogP contribution in [0.3, 0.4) is 0 Å². The van der Waals surface area contributed by atoms with Gasteiger partial charge in [-0.3, -0.25) is 4.79 Å². The molecule has 3 nitrogen and oxygen atoms in total. The number of amides is 1. The van der Waals surface area contributed by atoms with Crippen molar-refractivity contribution < 1.29 is 4.79 Å². The number of nitrogens with one attached hydrogen (secondary N) is 1. The minimum atomic E-state index is 0.0410. The van der Waals surface area contributed by atoms with Crippen LogP contribution in [0, 0.1) is 0 Å². The highest BCUT2D eigenvalue weighted by Gasteiger charge is 2.17. The number of rotatable bonds is 7. The first-order chi connectivity index (χ1) is 9.41. The van der Waals surface area contributed by atoms with Crippen LogP contribution in [0.25, 0.3) is 0 Å². The third-order valence-electron chi connectivity index (χ3n) is 3.43. The molecule has 1 aromatic rings. The molecule has 1 aromatic carbocycles. The molecule has 0 fully saturated rings. The van der Waals surface area contributed by atoms with Gasteiger partial charge in [0.1, 0.15) is 0 Å². The predicted octanol–water partition coefficient (Wildman–Crippen LogP) is 3.64. The van der Waals surface area contributed by atoms with Crippen LogP contribution in [-0.4, -0.2) is 30.4 Å². The lowest BCUT2D eigenvalue weighted by Crippen LogP contribution is -2.31. The molecule has 112 valence electrons. The van der Waals surface area contributed by atoms with Gasteiger partial charge in [-0.25, -0.2) is 0 Å². The highest BCUT2D eigenvalue weighted by molar-refractivity contribution is 6.30. The number of hydrogen-bond donors (Lipinski definition) is 1. The number of nitrogens with zero attached hydrogens (tertiary/aromatic N) is 1. The van der Waals surface area contributed by atoms with Gasteiger partial charge < -0.3 is 10.2 Å². The summed E-state index contributed by atoms with van der Waals surface area (Å²) in [5.41, 5.74) is 1.06. The summed E-state index contributed by atoms with van der Waals surface area (Å²) < 4.78 is 0. The van der Waals surface area contributed by atoms with Gasteiger partial charge in [0, 0.05) is 24.5 Å². The second kappa shape index (κ2) is 8.28. The Morgan fingerprint density at radius 1 is 1.35 bits per heavy atom. The van der Waals surface area contributed by atoms with Crippen LogP contribution in [0.5, 0.6) is 0 Å². The second-order valence-electron chi connectivity index (χ2n) is 5.45. The number of benzene rings is 1. The molecule has 1 amide bonds. The van der Waals surface area contributed by atoms with Crippen LogP contribution < -0.4 is 5.32 Å². The van der Waals surface area contributed by atoms with E-state index in [1.807, 2.05) is 38.2 Å². The zero-order valence-corrected chi connectivity index (χ0v) is 13.6. The van der Waals surface area contributed by atoms with Gasteiger partial charge in [0.05, 0.1) is 6.04 Å². The molecule has 4 heteroatoms. The Bertz CT molecular complexity index is 434. The molecule has 0 heterocycles. The smallest absolute Gasteiger partial charge is 0.222 e. The quantitative estimate of drug-likeness (QED) is 0.779. The molecule has 0 aliphatic carbocycles. The molecule has 0 saturated carbocycles. The van der Waals surface area contributed by atoms with Crippen LogP contribution in [0.1, 0.15) is 45.2 Å². The molecule has 0 spiro atoms. The fourth-order valence-electron chi connectivity index (χ4n) is 2.01. The van der Waals surface area contributed by atoms with Crippen molar-refractivity contribution in [3.63, 3.8) is 0 Å². The van der Waals surface area contributed by atoms with Gasteiger partial charge in [-0.1, -0.05) is 37.6 Å². The topological polar surface area (TPSA) is 32.3 Å². The zero-order chi connectivity index (χ0) is 15.1. The lowest BCUT2D eigenvalue weighted by atomic mass is 10.1. The molecule has 0 aliphatic rings. The van der Waals surface area contributed by atoms with E-state index >= 15 is 0 Å². The summed E-state index contributed by atoms with van der Waals surface area (Å²) in [5, 5.41) is 4.02. The second-order valence-corrected chi connectivity index (χ2v) is 5.88. The van der Waals surface area contributed by atoms with Gasteiger partial charge in [0.15, 0.2) is 0 Å². The van der Waals surface area contributed by atoms with Crippen LogP contribution in [0.15, 0.2) is 24.3 Å². The summed E-state index contributed by atoms with van der Waals surface area (Å²) in [5.74, 6) is 0.169. The molecule has 20 heavy (non-hydrogen) atoms. The molecule has 1 unspecified atom stereocenters. The van der Waals surface area contributed by atoms with Crippen LogP contribution in [-0.2, 0) is 4.79 Å². The van der Waals surface area contributed by atoms with Crippen molar-refractivity contribution in [2.24, 2.45) is 0 Å². The van der Waals surface area contributed by atoms with Gasteiger partial charge >= 0.3 is 0 Å². The largest absolute Gasteiger partial charge is 0.339 e. The summed E-state index contributed by atoms with van der Waals surface area (Å²) in [6, 6.07) is 8.18. The molecule has 1 N–H and O–H groups in total. The molecular formula is C16H25ClN2O. The van der Waals surface area contributed by atoms with Crippen molar-refractivity contribution in [3.8, 4) is 0 Å². The summed E-state index contributed by atoms with van der Waals surface area (Å²) in [7, 11) is 1.85. The summed E-state index contributed by atoms with van der Waals surface area (Å²) in [4.78, 5) is 13.9. The Balaban J connectivity index is 2.47. The Labute approximate surface area is 127 Å². The Morgan fingerprint density at radius 2 is 2.05 bits per heavy atom. The molecule has 0 aliphatic heterocycles. The van der Waals surface area contributed by atoms with E-state index in [9.17, 15) is 4.79 Å². The Hall–Kier alpha value is -1.06. The van der Waals surface area contributed by atoms with Gasteiger partial charge in [-0.05, 0) is 37.6 Å². The Morgan fingerprint density at radius 3 is 2.65 bits per heavy atom. The molecule has 1 rings (SSSR count). The van der Waals surface area contributed by atoms with Crippen molar-refractivity contribution in [2.75, 3.05) is 13.6 Å². The number of carbonyl (C=O) groups excluding carboxylic acids is 1. The van der Waals surface area contributed by atoms with Crippen molar-refractivity contribution in [3.05, 3.63) is 34.9 Å². The summed E-state index contributed by atoms with van der Waals surface area (Å²) in [6.07, 6.45) is 1.44. The van der Waals surface area contributed by atoms with Crippen molar-refractivity contribution in [2.45, 2.75) is 45.7 Å². The van der Waals surface area contributed by atoms with Crippen LogP contribution in [0.4, 0.5) is 0 Å². The molecule has 0 saturated heterocycles. The van der Waals surface area contributed by atoms with Gasteiger partial charge in [0.25, 0.3) is 0 Å². The average Bonchev–Trinajstić information content (AvgIpc) is 2.41. The van der Waals surface area contributed by atoms with Crippen molar-refractivity contribution in [1.29, 1.82) is 0 Å². The molecule has 0 bridgehead atoms. The van der Waals surface area contributed by atoms with Crippen LogP contribution >= 0.6 is 11.6 Å². The fourth-order valence-corrected chi connectivity index (χ4v) is 2.21. The van der Waals surface area contributed by atoms with E-state index in [2.05, 4.69) is 19.2 Å². The van der Waals surface area contributed by atoms with Crippen molar-refractivity contribution in [1.82, 2.24) is 10.2 Å². The van der Waals surface area contributed by atoms with E-state index in [-0.39, 0.29) is 11.9 Å². The summed E-state index contributed by atoms with van der Waals surface area (Å²) in [6.45, 7) is 7.11. The minimum absolute atomic E-state index is 0.0410. The highest BCUT2D eigenvalue weighted by Crippen LogP contribution is 2.22. The number of halogens is 1.